The van der Waals surface area contributed by atoms with Crippen molar-refractivity contribution in [3.63, 3.8) is 0 Å². The summed E-state index contributed by atoms with van der Waals surface area (Å²) >= 11 is 0. The molecule has 1 saturated carbocycles. The summed E-state index contributed by atoms with van der Waals surface area (Å²) in [5.41, 5.74) is 6.90. The van der Waals surface area contributed by atoms with Crippen LogP contribution in [-0.2, 0) is 4.79 Å². The fraction of sp³-hybridized carbons (Fsp3) is 0.600. The molecule has 3 rings (SSSR count). The summed E-state index contributed by atoms with van der Waals surface area (Å²) in [6.45, 7) is 2.32. The Morgan fingerprint density at radius 1 is 0.960 bits per heavy atom. The van der Waals surface area contributed by atoms with Gasteiger partial charge in [-0.2, -0.15) is 0 Å². The Morgan fingerprint density at radius 3 is 2.20 bits per heavy atom. The molecule has 0 spiro atoms. The van der Waals surface area contributed by atoms with Gasteiger partial charge in [-0.25, -0.2) is 0 Å². The monoisotopic (exact) mass is 343 g/mol. The van der Waals surface area contributed by atoms with Crippen molar-refractivity contribution in [1.29, 1.82) is 0 Å². The van der Waals surface area contributed by atoms with Crippen LogP contribution in [0.1, 0.15) is 48.9 Å². The van der Waals surface area contributed by atoms with Gasteiger partial charge in [0.15, 0.2) is 0 Å². The normalized spacial score (nSPS) is 20.4. The molecule has 2 fully saturated rings. The second kappa shape index (κ2) is 8.48. The van der Waals surface area contributed by atoms with Gasteiger partial charge in [-0.1, -0.05) is 50.3 Å². The van der Waals surface area contributed by atoms with Crippen LogP contribution in [0.15, 0.2) is 30.3 Å². The number of piperazine rings is 1. The number of hydrogen-bond acceptors (Lipinski definition) is 3. The highest BCUT2D eigenvalue weighted by atomic mass is 16.2. The molecule has 2 amide bonds. The quantitative estimate of drug-likeness (QED) is 0.912. The average molecular weight is 343 g/mol. The lowest BCUT2D eigenvalue weighted by Gasteiger charge is -2.36. The fourth-order valence-electron chi connectivity index (χ4n) is 4.01. The predicted molar refractivity (Wildman–Crippen MR) is 98.1 cm³/mol. The van der Waals surface area contributed by atoms with Gasteiger partial charge >= 0.3 is 0 Å². The van der Waals surface area contributed by atoms with Gasteiger partial charge < -0.3 is 15.5 Å². The third kappa shape index (κ3) is 4.60. The van der Waals surface area contributed by atoms with E-state index < -0.39 is 0 Å². The molecule has 1 aliphatic heterocycles. The van der Waals surface area contributed by atoms with E-state index in [0.717, 1.165) is 6.42 Å². The van der Waals surface area contributed by atoms with E-state index in [1.807, 2.05) is 40.1 Å². The number of amides is 2. The molecule has 2 aliphatic rings. The first-order chi connectivity index (χ1) is 12.1. The van der Waals surface area contributed by atoms with Crippen LogP contribution in [0.2, 0.25) is 0 Å². The Bertz CT molecular complexity index is 576. The van der Waals surface area contributed by atoms with E-state index in [2.05, 4.69) is 0 Å². The first kappa shape index (κ1) is 17.9. The Kier molecular flexibility index (Phi) is 6.08. The van der Waals surface area contributed by atoms with E-state index in [-0.39, 0.29) is 17.9 Å². The molecule has 1 aliphatic carbocycles. The van der Waals surface area contributed by atoms with Gasteiger partial charge in [-0.05, 0) is 24.5 Å². The Labute approximate surface area is 150 Å². The molecule has 1 atom stereocenters. The van der Waals surface area contributed by atoms with Crippen LogP contribution in [0, 0.1) is 5.92 Å². The third-order valence-corrected chi connectivity index (χ3v) is 5.53. The zero-order valence-corrected chi connectivity index (χ0v) is 14.9. The summed E-state index contributed by atoms with van der Waals surface area (Å²) in [7, 11) is 0. The molecule has 5 heteroatoms. The Hall–Kier alpha value is -1.88. The van der Waals surface area contributed by atoms with E-state index >= 15 is 0 Å². The van der Waals surface area contributed by atoms with Crippen molar-refractivity contribution >= 4 is 11.8 Å². The molecule has 1 aromatic carbocycles. The summed E-state index contributed by atoms with van der Waals surface area (Å²) < 4.78 is 0. The summed E-state index contributed by atoms with van der Waals surface area (Å²) in [6.07, 6.45) is 7.08. The molecular weight excluding hydrogens is 314 g/mol. The Balaban J connectivity index is 1.48. The van der Waals surface area contributed by atoms with Gasteiger partial charge in [0.25, 0.3) is 5.91 Å². The second-order valence-corrected chi connectivity index (χ2v) is 7.33. The summed E-state index contributed by atoms with van der Waals surface area (Å²) in [4.78, 5) is 28.7. The first-order valence-corrected chi connectivity index (χ1v) is 9.54. The number of carbonyl (C=O) groups is 2. The summed E-state index contributed by atoms with van der Waals surface area (Å²) in [6, 6.07) is 8.93. The molecule has 25 heavy (non-hydrogen) atoms. The number of benzene rings is 1. The number of nitrogens with two attached hydrogens (primary N) is 1. The van der Waals surface area contributed by atoms with Crippen molar-refractivity contribution in [1.82, 2.24) is 9.80 Å². The highest BCUT2D eigenvalue weighted by Gasteiger charge is 2.29. The topological polar surface area (TPSA) is 66.6 Å². The van der Waals surface area contributed by atoms with Crippen LogP contribution in [0.5, 0.6) is 0 Å². The second-order valence-electron chi connectivity index (χ2n) is 7.33. The first-order valence-electron chi connectivity index (χ1n) is 9.54. The molecule has 5 nitrogen and oxygen atoms in total. The number of hydrogen-bond donors (Lipinski definition) is 1. The minimum Gasteiger partial charge on any atom is -0.338 e. The smallest absolute Gasteiger partial charge is 0.253 e. The van der Waals surface area contributed by atoms with E-state index in [9.17, 15) is 9.59 Å². The lowest BCUT2D eigenvalue weighted by Crippen LogP contribution is -2.54. The molecule has 1 aromatic rings. The Morgan fingerprint density at radius 2 is 1.56 bits per heavy atom. The SMILES string of the molecule is NC(CC1CCCCC1)C(=O)N1CCN(C(=O)c2ccccc2)CC1. The molecule has 1 unspecified atom stereocenters. The van der Waals surface area contributed by atoms with E-state index in [1.54, 1.807) is 0 Å². The van der Waals surface area contributed by atoms with Crippen molar-refractivity contribution in [2.45, 2.75) is 44.6 Å². The van der Waals surface area contributed by atoms with Crippen LogP contribution < -0.4 is 5.73 Å². The fourth-order valence-corrected chi connectivity index (χ4v) is 4.01. The maximum Gasteiger partial charge on any atom is 0.253 e. The van der Waals surface area contributed by atoms with Crippen LogP contribution in [-0.4, -0.2) is 53.8 Å². The van der Waals surface area contributed by atoms with E-state index in [1.165, 1.54) is 32.1 Å². The molecule has 136 valence electrons. The molecule has 2 N–H and O–H groups in total. The van der Waals surface area contributed by atoms with Gasteiger partial charge in [0.1, 0.15) is 0 Å². The van der Waals surface area contributed by atoms with Crippen molar-refractivity contribution in [3.8, 4) is 0 Å². The third-order valence-electron chi connectivity index (χ3n) is 5.53. The maximum atomic E-state index is 12.6. The number of nitrogens with zero attached hydrogens (tertiary/aromatic N) is 2. The van der Waals surface area contributed by atoms with E-state index in [0.29, 0.717) is 37.7 Å². The summed E-state index contributed by atoms with van der Waals surface area (Å²) in [5, 5.41) is 0. The average Bonchev–Trinajstić information content (AvgIpc) is 2.68. The molecule has 1 heterocycles. The lowest BCUT2D eigenvalue weighted by molar-refractivity contribution is -0.134. The molecule has 1 saturated heterocycles. The molecule has 0 aromatic heterocycles. The molecular formula is C20H29N3O2. The zero-order valence-electron chi connectivity index (χ0n) is 14.9. The van der Waals surface area contributed by atoms with Crippen molar-refractivity contribution in [2.24, 2.45) is 11.7 Å². The predicted octanol–water partition coefficient (Wildman–Crippen LogP) is 2.27. The largest absolute Gasteiger partial charge is 0.338 e. The van der Waals surface area contributed by atoms with Crippen molar-refractivity contribution in [2.75, 3.05) is 26.2 Å². The zero-order chi connectivity index (χ0) is 17.6. The molecule has 0 bridgehead atoms. The van der Waals surface area contributed by atoms with Gasteiger partial charge in [0.2, 0.25) is 5.91 Å². The van der Waals surface area contributed by atoms with Crippen LogP contribution >= 0.6 is 0 Å². The minimum atomic E-state index is -0.389. The standard InChI is InChI=1S/C20H29N3O2/c21-18(15-16-7-3-1-4-8-16)20(25)23-13-11-22(12-14-23)19(24)17-9-5-2-6-10-17/h2,5-6,9-10,16,18H,1,3-4,7-8,11-15,21H2. The van der Waals surface area contributed by atoms with Gasteiger partial charge in [0.05, 0.1) is 6.04 Å². The van der Waals surface area contributed by atoms with Crippen LogP contribution in [0.25, 0.3) is 0 Å². The van der Waals surface area contributed by atoms with Gasteiger partial charge in [-0.3, -0.25) is 9.59 Å². The van der Waals surface area contributed by atoms with Gasteiger partial charge in [-0.15, -0.1) is 0 Å². The van der Waals surface area contributed by atoms with Crippen molar-refractivity contribution in [3.05, 3.63) is 35.9 Å². The van der Waals surface area contributed by atoms with Gasteiger partial charge in [0, 0.05) is 31.7 Å². The summed E-state index contributed by atoms with van der Waals surface area (Å²) in [5.74, 6) is 0.699. The number of rotatable bonds is 4. The van der Waals surface area contributed by atoms with Crippen LogP contribution in [0.4, 0.5) is 0 Å². The highest BCUT2D eigenvalue weighted by molar-refractivity contribution is 5.94. The minimum absolute atomic E-state index is 0.0409. The highest BCUT2D eigenvalue weighted by Crippen LogP contribution is 2.27. The lowest BCUT2D eigenvalue weighted by atomic mass is 9.84. The molecule has 0 radical (unpaired) electrons. The number of carbonyl (C=O) groups excluding carboxylic acids is 2. The maximum absolute atomic E-state index is 12.6. The van der Waals surface area contributed by atoms with E-state index in [4.69, 9.17) is 5.73 Å². The van der Waals surface area contributed by atoms with Crippen LogP contribution in [0.3, 0.4) is 0 Å². The van der Waals surface area contributed by atoms with Crippen molar-refractivity contribution < 1.29 is 9.59 Å².